The predicted octanol–water partition coefficient (Wildman–Crippen LogP) is 4.09. The largest absolute Gasteiger partial charge is 0.490 e. The summed E-state index contributed by atoms with van der Waals surface area (Å²) in [6.45, 7) is 7.08. The number of hydrogen-bond donors (Lipinski definition) is 1. The zero-order valence-corrected chi connectivity index (χ0v) is 15.6. The Morgan fingerprint density at radius 1 is 1.21 bits per heavy atom. The van der Waals surface area contributed by atoms with Crippen LogP contribution in [0.4, 0.5) is 5.13 Å². The molecular weight excluding hydrogens is 346 g/mol. The van der Waals surface area contributed by atoms with Crippen molar-refractivity contribution in [2.24, 2.45) is 0 Å². The van der Waals surface area contributed by atoms with E-state index in [0.29, 0.717) is 35.4 Å². The number of anilines is 1. The molecule has 8 heteroatoms. The van der Waals surface area contributed by atoms with Gasteiger partial charge in [0.05, 0.1) is 13.2 Å². The maximum atomic E-state index is 12.4. The van der Waals surface area contributed by atoms with E-state index in [1.807, 2.05) is 20.8 Å². The fourth-order valence-electron chi connectivity index (χ4n) is 1.86. The summed E-state index contributed by atoms with van der Waals surface area (Å²) in [6, 6.07) is 5.16. The van der Waals surface area contributed by atoms with E-state index in [4.69, 9.17) is 9.47 Å². The van der Waals surface area contributed by atoms with Gasteiger partial charge in [-0.2, -0.15) is 0 Å². The maximum absolute atomic E-state index is 12.4. The number of carbonyl (C=O) groups is 1. The Morgan fingerprint density at radius 3 is 2.75 bits per heavy atom. The van der Waals surface area contributed by atoms with Gasteiger partial charge in [0.1, 0.15) is 0 Å². The Kier molecular flexibility index (Phi) is 7.33. The van der Waals surface area contributed by atoms with E-state index in [2.05, 4.69) is 15.5 Å². The monoisotopic (exact) mass is 367 g/mol. The molecule has 1 aromatic carbocycles. The Balaban J connectivity index is 2.11. The van der Waals surface area contributed by atoms with Crippen LogP contribution < -0.4 is 14.8 Å². The first kappa shape index (κ1) is 18.5. The molecule has 0 saturated carbocycles. The summed E-state index contributed by atoms with van der Waals surface area (Å²) in [4.78, 5) is 12.4. The fourth-order valence-corrected chi connectivity index (χ4v) is 3.50. The number of amides is 1. The van der Waals surface area contributed by atoms with Crippen LogP contribution in [0.5, 0.6) is 11.5 Å². The zero-order chi connectivity index (χ0) is 17.4. The number of carbonyl (C=O) groups excluding carboxylic acids is 1. The number of rotatable bonds is 9. The van der Waals surface area contributed by atoms with Crippen molar-refractivity contribution in [2.45, 2.75) is 31.5 Å². The minimum Gasteiger partial charge on any atom is -0.490 e. The van der Waals surface area contributed by atoms with Crippen molar-refractivity contribution in [1.29, 1.82) is 0 Å². The zero-order valence-electron chi connectivity index (χ0n) is 14.0. The summed E-state index contributed by atoms with van der Waals surface area (Å²) < 4.78 is 12.1. The molecule has 0 atom stereocenters. The second-order valence-electron chi connectivity index (χ2n) is 4.70. The molecule has 0 unspecified atom stereocenters. The highest BCUT2D eigenvalue weighted by molar-refractivity contribution is 8.01. The first-order valence-electron chi connectivity index (χ1n) is 7.85. The molecule has 1 aromatic heterocycles. The van der Waals surface area contributed by atoms with Gasteiger partial charge in [0.2, 0.25) is 5.13 Å². The average molecular weight is 367 g/mol. The molecule has 2 aromatic rings. The molecule has 6 nitrogen and oxygen atoms in total. The lowest BCUT2D eigenvalue weighted by Gasteiger charge is -2.12. The molecule has 0 bridgehead atoms. The average Bonchev–Trinajstić information content (AvgIpc) is 3.01. The van der Waals surface area contributed by atoms with Gasteiger partial charge in [-0.1, -0.05) is 36.9 Å². The third-order valence-corrected chi connectivity index (χ3v) is 4.72. The third kappa shape index (κ3) is 5.10. The van der Waals surface area contributed by atoms with E-state index in [1.54, 1.807) is 30.0 Å². The van der Waals surface area contributed by atoms with Gasteiger partial charge >= 0.3 is 0 Å². The van der Waals surface area contributed by atoms with E-state index in [0.717, 1.165) is 16.5 Å². The predicted molar refractivity (Wildman–Crippen MR) is 97.7 cm³/mol. The standard InChI is InChI=1S/C16H21N3O3S2/c1-4-9-22-12-8-7-11(10-13(12)21-5-2)14(20)17-15-18-19-16(24-15)23-6-3/h7-8,10H,4-6,9H2,1-3H3,(H,17,18,20). The number of benzene rings is 1. The summed E-state index contributed by atoms with van der Waals surface area (Å²) in [5.41, 5.74) is 0.488. The van der Waals surface area contributed by atoms with Gasteiger partial charge in [0.15, 0.2) is 15.8 Å². The van der Waals surface area contributed by atoms with Gasteiger partial charge in [-0.05, 0) is 37.3 Å². The second-order valence-corrected chi connectivity index (χ2v) is 7.19. The van der Waals surface area contributed by atoms with Crippen LogP contribution in [0.25, 0.3) is 0 Å². The molecule has 0 aliphatic rings. The van der Waals surface area contributed by atoms with Gasteiger partial charge in [0.25, 0.3) is 5.91 Å². The highest BCUT2D eigenvalue weighted by Gasteiger charge is 2.14. The molecular formula is C16H21N3O3S2. The molecule has 0 fully saturated rings. The van der Waals surface area contributed by atoms with Crippen molar-refractivity contribution in [1.82, 2.24) is 10.2 Å². The van der Waals surface area contributed by atoms with E-state index in [-0.39, 0.29) is 5.91 Å². The van der Waals surface area contributed by atoms with Crippen molar-refractivity contribution < 1.29 is 14.3 Å². The van der Waals surface area contributed by atoms with Crippen molar-refractivity contribution in [2.75, 3.05) is 24.3 Å². The van der Waals surface area contributed by atoms with Crippen molar-refractivity contribution >= 4 is 34.1 Å². The molecule has 1 heterocycles. The Labute approximate surface area is 150 Å². The molecule has 0 spiro atoms. The number of ether oxygens (including phenoxy) is 2. The van der Waals surface area contributed by atoms with Crippen LogP contribution in [0.15, 0.2) is 22.5 Å². The lowest BCUT2D eigenvalue weighted by Crippen LogP contribution is -2.12. The van der Waals surface area contributed by atoms with Gasteiger partial charge in [-0.25, -0.2) is 0 Å². The summed E-state index contributed by atoms with van der Waals surface area (Å²) >= 11 is 2.96. The number of hydrogen-bond acceptors (Lipinski definition) is 7. The Hall–Kier alpha value is -1.80. The van der Waals surface area contributed by atoms with Gasteiger partial charge in [0, 0.05) is 5.56 Å². The quantitative estimate of drug-likeness (QED) is 0.531. The SMILES string of the molecule is CCCOc1ccc(C(=O)Nc2nnc(SCC)s2)cc1OCC. The maximum Gasteiger partial charge on any atom is 0.257 e. The molecule has 2 rings (SSSR count). The van der Waals surface area contributed by atoms with E-state index in [1.165, 1.54) is 11.3 Å². The molecule has 0 aliphatic heterocycles. The van der Waals surface area contributed by atoms with Crippen LogP contribution in [-0.4, -0.2) is 35.1 Å². The highest BCUT2D eigenvalue weighted by atomic mass is 32.2. The third-order valence-electron chi connectivity index (χ3n) is 2.86. The summed E-state index contributed by atoms with van der Waals surface area (Å²) in [7, 11) is 0. The van der Waals surface area contributed by atoms with Crippen LogP contribution in [-0.2, 0) is 0 Å². The summed E-state index contributed by atoms with van der Waals surface area (Å²) in [5.74, 6) is 1.88. The first-order valence-corrected chi connectivity index (χ1v) is 9.65. The van der Waals surface area contributed by atoms with Crippen LogP contribution in [0.3, 0.4) is 0 Å². The van der Waals surface area contributed by atoms with Crippen molar-refractivity contribution in [3.05, 3.63) is 23.8 Å². The number of nitrogens with zero attached hydrogens (tertiary/aromatic N) is 2. The number of aromatic nitrogens is 2. The minimum atomic E-state index is -0.248. The van der Waals surface area contributed by atoms with Crippen LogP contribution in [0.1, 0.15) is 37.6 Å². The molecule has 0 aliphatic carbocycles. The number of thioether (sulfide) groups is 1. The van der Waals surface area contributed by atoms with Gasteiger partial charge in [-0.15, -0.1) is 10.2 Å². The van der Waals surface area contributed by atoms with E-state index < -0.39 is 0 Å². The van der Waals surface area contributed by atoms with Gasteiger partial charge < -0.3 is 9.47 Å². The minimum absolute atomic E-state index is 0.248. The fraction of sp³-hybridized carbons (Fsp3) is 0.438. The van der Waals surface area contributed by atoms with Crippen LogP contribution >= 0.6 is 23.1 Å². The van der Waals surface area contributed by atoms with Crippen molar-refractivity contribution in [3.63, 3.8) is 0 Å². The topological polar surface area (TPSA) is 73.3 Å². The van der Waals surface area contributed by atoms with Crippen LogP contribution in [0.2, 0.25) is 0 Å². The molecule has 0 radical (unpaired) electrons. The normalized spacial score (nSPS) is 10.5. The lowest BCUT2D eigenvalue weighted by atomic mass is 10.2. The smallest absolute Gasteiger partial charge is 0.257 e. The lowest BCUT2D eigenvalue weighted by molar-refractivity contribution is 0.102. The van der Waals surface area contributed by atoms with E-state index in [9.17, 15) is 4.79 Å². The molecule has 24 heavy (non-hydrogen) atoms. The molecule has 130 valence electrons. The number of nitrogens with one attached hydrogen (secondary N) is 1. The Bertz CT molecular complexity index is 676. The molecule has 1 amide bonds. The molecule has 1 N–H and O–H groups in total. The van der Waals surface area contributed by atoms with Crippen LogP contribution in [0, 0.1) is 0 Å². The van der Waals surface area contributed by atoms with Crippen molar-refractivity contribution in [3.8, 4) is 11.5 Å². The summed E-state index contributed by atoms with van der Waals surface area (Å²) in [6.07, 6.45) is 0.906. The second kappa shape index (κ2) is 9.48. The highest BCUT2D eigenvalue weighted by Crippen LogP contribution is 2.30. The van der Waals surface area contributed by atoms with Gasteiger partial charge in [-0.3, -0.25) is 10.1 Å². The summed E-state index contributed by atoms with van der Waals surface area (Å²) in [5, 5.41) is 11.2. The molecule has 0 saturated heterocycles. The Morgan fingerprint density at radius 2 is 2.04 bits per heavy atom. The first-order chi connectivity index (χ1) is 11.7. The van der Waals surface area contributed by atoms with E-state index >= 15 is 0 Å².